The molecule has 4 aromatic rings. The van der Waals surface area contributed by atoms with Crippen molar-refractivity contribution in [2.75, 3.05) is 11.9 Å². The average Bonchev–Trinajstić information content (AvgIpc) is 3.41. The van der Waals surface area contributed by atoms with Gasteiger partial charge in [-0.1, -0.05) is 60.5 Å². The molecule has 1 N–H and O–H groups in total. The van der Waals surface area contributed by atoms with E-state index < -0.39 is 0 Å². The molecule has 3 aromatic carbocycles. The van der Waals surface area contributed by atoms with Crippen molar-refractivity contribution in [1.29, 1.82) is 0 Å². The third kappa shape index (κ3) is 5.60. The molecule has 5 rings (SSSR count). The molecule has 0 radical (unpaired) electrons. The molecule has 2 heterocycles. The first-order valence-electron chi connectivity index (χ1n) is 12.7. The number of ether oxygens (including phenoxy) is 1. The molecule has 2 amide bonds. The lowest BCUT2D eigenvalue weighted by Gasteiger charge is -2.38. The number of anilines is 1. The highest BCUT2D eigenvalue weighted by Gasteiger charge is 2.31. The number of nitrogens with one attached hydrogen (secondary N) is 1. The number of hydrogen-bond donors (Lipinski definition) is 1. The Hall–Kier alpha value is -4.03. The minimum atomic E-state index is -0.367. The molecule has 6 nitrogen and oxygen atoms in total. The lowest BCUT2D eigenvalue weighted by Crippen LogP contribution is -2.40. The summed E-state index contributed by atoms with van der Waals surface area (Å²) in [5.41, 5.74) is 5.12. The van der Waals surface area contributed by atoms with Gasteiger partial charge in [0.15, 0.2) is 5.76 Å². The molecule has 38 heavy (non-hydrogen) atoms. The van der Waals surface area contributed by atoms with Crippen molar-refractivity contribution in [1.82, 2.24) is 4.90 Å². The largest absolute Gasteiger partial charge is 0.486 e. The van der Waals surface area contributed by atoms with Crippen molar-refractivity contribution in [2.45, 2.75) is 39.3 Å². The van der Waals surface area contributed by atoms with Crippen molar-refractivity contribution in [3.63, 3.8) is 0 Å². The zero-order valence-electron chi connectivity index (χ0n) is 21.4. The lowest BCUT2D eigenvalue weighted by molar-refractivity contribution is -0.132. The fraction of sp³-hybridized carbons (Fsp3) is 0.226. The van der Waals surface area contributed by atoms with Gasteiger partial charge in [-0.05, 0) is 72.5 Å². The zero-order valence-corrected chi connectivity index (χ0v) is 22.1. The molecule has 1 aliphatic heterocycles. The van der Waals surface area contributed by atoms with E-state index in [1.54, 1.807) is 36.4 Å². The summed E-state index contributed by atoms with van der Waals surface area (Å²) in [5.74, 6) is 1.15. The highest BCUT2D eigenvalue weighted by molar-refractivity contribution is 6.30. The van der Waals surface area contributed by atoms with Crippen LogP contribution >= 0.6 is 11.6 Å². The van der Waals surface area contributed by atoms with Crippen LogP contribution in [0, 0.1) is 6.92 Å². The first-order chi connectivity index (χ1) is 18.4. The molecule has 7 heteroatoms. The third-order valence-electron chi connectivity index (χ3n) is 6.71. The summed E-state index contributed by atoms with van der Waals surface area (Å²) in [6, 6.07) is 24.5. The van der Waals surface area contributed by atoms with Gasteiger partial charge in [-0.15, -0.1) is 0 Å². The van der Waals surface area contributed by atoms with Gasteiger partial charge in [0, 0.05) is 23.7 Å². The van der Waals surface area contributed by atoms with Crippen molar-refractivity contribution in [2.24, 2.45) is 0 Å². The van der Waals surface area contributed by atoms with E-state index in [-0.39, 0.29) is 30.2 Å². The normalized spacial score (nSPS) is 14.6. The second-order valence-corrected chi connectivity index (χ2v) is 9.82. The fourth-order valence-electron chi connectivity index (χ4n) is 4.75. The first kappa shape index (κ1) is 25.6. The molecule has 0 spiro atoms. The Kier molecular flexibility index (Phi) is 7.52. The van der Waals surface area contributed by atoms with Crippen LogP contribution in [0.1, 0.15) is 58.0 Å². The minimum absolute atomic E-state index is 0.131. The average molecular weight is 529 g/mol. The van der Waals surface area contributed by atoms with Gasteiger partial charge < -0.3 is 19.4 Å². The van der Waals surface area contributed by atoms with Gasteiger partial charge in [-0.2, -0.15) is 0 Å². The number of carbonyl (C=O) groups is 2. The minimum Gasteiger partial charge on any atom is -0.486 e. The molecule has 1 aliphatic rings. The maximum atomic E-state index is 12.9. The van der Waals surface area contributed by atoms with E-state index in [1.165, 1.54) is 11.1 Å². The summed E-state index contributed by atoms with van der Waals surface area (Å²) in [6.45, 7) is 4.80. The monoisotopic (exact) mass is 528 g/mol. The number of hydrogen-bond acceptors (Lipinski definition) is 4. The van der Waals surface area contributed by atoms with Crippen LogP contribution in [0.5, 0.6) is 5.75 Å². The van der Waals surface area contributed by atoms with E-state index in [0.717, 1.165) is 17.5 Å². The number of benzene rings is 3. The zero-order chi connectivity index (χ0) is 26.6. The van der Waals surface area contributed by atoms with E-state index in [4.69, 9.17) is 20.8 Å². The van der Waals surface area contributed by atoms with Crippen molar-refractivity contribution >= 4 is 29.1 Å². The molecule has 0 saturated carbocycles. The van der Waals surface area contributed by atoms with Crippen LogP contribution in [-0.4, -0.2) is 23.3 Å². The predicted molar refractivity (Wildman–Crippen MR) is 148 cm³/mol. The number of rotatable bonds is 7. The molecular formula is C31H29ClN2O4. The second-order valence-electron chi connectivity index (χ2n) is 9.38. The van der Waals surface area contributed by atoms with Crippen LogP contribution in [0.15, 0.2) is 83.3 Å². The van der Waals surface area contributed by atoms with Crippen LogP contribution in [0.3, 0.4) is 0 Å². The summed E-state index contributed by atoms with van der Waals surface area (Å²) in [7, 11) is 0. The van der Waals surface area contributed by atoms with Crippen LogP contribution < -0.4 is 10.1 Å². The number of nitrogens with zero attached hydrogens (tertiary/aromatic N) is 1. The molecule has 0 saturated heterocycles. The van der Waals surface area contributed by atoms with E-state index in [2.05, 4.69) is 42.6 Å². The van der Waals surface area contributed by atoms with Gasteiger partial charge in [0.05, 0.1) is 6.04 Å². The van der Waals surface area contributed by atoms with Crippen LogP contribution in [0.2, 0.25) is 5.02 Å². The van der Waals surface area contributed by atoms with Gasteiger partial charge in [0.2, 0.25) is 5.91 Å². The number of furan rings is 1. The number of aryl methyl sites for hydroxylation is 1. The Morgan fingerprint density at radius 1 is 1.05 bits per heavy atom. The van der Waals surface area contributed by atoms with Crippen molar-refractivity contribution in [3.8, 4) is 5.75 Å². The van der Waals surface area contributed by atoms with E-state index in [9.17, 15) is 9.59 Å². The highest BCUT2D eigenvalue weighted by atomic mass is 35.5. The Balaban J connectivity index is 1.33. The molecule has 1 unspecified atom stereocenters. The Bertz CT molecular complexity index is 1460. The summed E-state index contributed by atoms with van der Waals surface area (Å²) in [5, 5.41) is 3.31. The molecule has 0 aliphatic carbocycles. The first-order valence-corrected chi connectivity index (χ1v) is 13.1. The summed E-state index contributed by atoms with van der Waals surface area (Å²) in [6.07, 6.45) is 1.26. The Morgan fingerprint density at radius 3 is 2.63 bits per heavy atom. The van der Waals surface area contributed by atoms with Gasteiger partial charge in [0.25, 0.3) is 5.91 Å². The van der Waals surface area contributed by atoms with E-state index in [1.807, 2.05) is 24.0 Å². The Labute approximate surface area is 227 Å². The number of carbonyl (C=O) groups excluding carboxylic acids is 2. The second kappa shape index (κ2) is 11.2. The lowest BCUT2D eigenvalue weighted by atomic mass is 9.87. The van der Waals surface area contributed by atoms with E-state index in [0.29, 0.717) is 35.2 Å². The molecule has 1 aromatic heterocycles. The highest BCUT2D eigenvalue weighted by Crippen LogP contribution is 2.37. The summed E-state index contributed by atoms with van der Waals surface area (Å²) in [4.78, 5) is 27.4. The van der Waals surface area contributed by atoms with Gasteiger partial charge in [-0.25, -0.2) is 0 Å². The van der Waals surface area contributed by atoms with E-state index >= 15 is 0 Å². The predicted octanol–water partition coefficient (Wildman–Crippen LogP) is 6.96. The van der Waals surface area contributed by atoms with Crippen molar-refractivity contribution in [3.05, 3.63) is 118 Å². The quantitative estimate of drug-likeness (QED) is 0.281. The third-order valence-corrected chi connectivity index (χ3v) is 6.95. The molecule has 0 fully saturated rings. The van der Waals surface area contributed by atoms with Gasteiger partial charge in [0.1, 0.15) is 18.1 Å². The molecule has 0 bridgehead atoms. The standard InChI is InChI=1S/C31H29ClN2O4/c1-3-29(35)34-16-15-21-11-12-25(18-27(21)30(34)22-9-7-20(2)8-10-22)37-19-26-13-14-28(38-26)31(36)33-24-6-4-5-23(32)17-24/h4-14,17-18,30H,3,15-16,19H2,1-2H3,(H,33,36). The number of halogens is 1. The van der Waals surface area contributed by atoms with Crippen LogP contribution in [0.4, 0.5) is 5.69 Å². The smallest absolute Gasteiger partial charge is 0.291 e. The van der Waals surface area contributed by atoms with Gasteiger partial charge >= 0.3 is 0 Å². The number of amides is 2. The molecular weight excluding hydrogens is 500 g/mol. The maximum Gasteiger partial charge on any atom is 0.291 e. The van der Waals surface area contributed by atoms with Gasteiger partial charge in [-0.3, -0.25) is 9.59 Å². The SMILES string of the molecule is CCC(=O)N1CCc2ccc(OCc3ccc(C(=O)Nc4cccc(Cl)c4)o3)cc2C1c1ccc(C)cc1. The summed E-state index contributed by atoms with van der Waals surface area (Å²) < 4.78 is 11.8. The summed E-state index contributed by atoms with van der Waals surface area (Å²) >= 11 is 5.99. The van der Waals surface area contributed by atoms with Crippen LogP contribution in [-0.2, 0) is 17.8 Å². The van der Waals surface area contributed by atoms with Crippen LogP contribution in [0.25, 0.3) is 0 Å². The fourth-order valence-corrected chi connectivity index (χ4v) is 4.94. The number of fused-ring (bicyclic) bond motifs is 1. The Morgan fingerprint density at radius 2 is 1.87 bits per heavy atom. The molecule has 1 atom stereocenters. The molecule has 194 valence electrons. The maximum absolute atomic E-state index is 12.9. The topological polar surface area (TPSA) is 71.8 Å². The van der Waals surface area contributed by atoms with Crippen molar-refractivity contribution < 1.29 is 18.7 Å².